The van der Waals surface area contributed by atoms with Crippen molar-refractivity contribution in [1.29, 1.82) is 0 Å². The monoisotopic (exact) mass is 308 g/mol. The van der Waals surface area contributed by atoms with E-state index in [9.17, 15) is 9.59 Å². The van der Waals surface area contributed by atoms with Crippen LogP contribution in [-0.2, 0) is 12.8 Å². The van der Waals surface area contributed by atoms with Gasteiger partial charge in [0.05, 0.1) is 0 Å². The van der Waals surface area contributed by atoms with Gasteiger partial charge in [0, 0.05) is 16.7 Å². The normalized spacial score (nSPS) is 19.7. The first-order valence-corrected chi connectivity index (χ1v) is 7.76. The number of hydrogen-bond donors (Lipinski definition) is 2. The molecule has 0 unspecified atom stereocenters. The Hall–Kier alpha value is -2.62. The highest BCUT2D eigenvalue weighted by molar-refractivity contribution is 5.97. The van der Waals surface area contributed by atoms with E-state index in [0.29, 0.717) is 11.1 Å². The molecular weight excluding hydrogens is 288 g/mol. The third-order valence-electron chi connectivity index (χ3n) is 4.49. The number of amides is 2. The molecule has 2 amide bonds. The van der Waals surface area contributed by atoms with Crippen molar-refractivity contribution in [1.82, 2.24) is 5.32 Å². The van der Waals surface area contributed by atoms with Gasteiger partial charge in [0.2, 0.25) is 5.91 Å². The molecule has 1 aliphatic carbocycles. The fraction of sp³-hybridized carbons (Fsp3) is 0.263. The van der Waals surface area contributed by atoms with Crippen LogP contribution in [0.2, 0.25) is 0 Å². The van der Waals surface area contributed by atoms with E-state index in [-0.39, 0.29) is 11.4 Å². The quantitative estimate of drug-likeness (QED) is 0.914. The van der Waals surface area contributed by atoms with Gasteiger partial charge >= 0.3 is 0 Å². The van der Waals surface area contributed by atoms with Crippen molar-refractivity contribution in [3.8, 4) is 0 Å². The molecule has 0 heterocycles. The Bertz CT molecular complexity index is 752. The van der Waals surface area contributed by atoms with Gasteiger partial charge in [-0.25, -0.2) is 0 Å². The number of aryl methyl sites for hydroxylation is 1. The van der Waals surface area contributed by atoms with Crippen LogP contribution in [0.4, 0.5) is 0 Å². The highest BCUT2D eigenvalue weighted by Crippen LogP contribution is 2.28. The smallest absolute Gasteiger partial charge is 0.251 e. The largest absolute Gasteiger partial charge is 0.366 e. The molecule has 4 heteroatoms. The van der Waals surface area contributed by atoms with E-state index in [1.165, 1.54) is 11.1 Å². The summed E-state index contributed by atoms with van der Waals surface area (Å²) >= 11 is 0. The van der Waals surface area contributed by atoms with Crippen LogP contribution in [-0.4, -0.2) is 17.4 Å². The molecule has 2 aromatic rings. The molecule has 0 aliphatic heterocycles. The summed E-state index contributed by atoms with van der Waals surface area (Å²) in [4.78, 5) is 23.6. The molecular formula is C19H20N2O2. The second-order valence-electron chi connectivity index (χ2n) is 6.40. The minimum absolute atomic E-state index is 0.122. The van der Waals surface area contributed by atoms with Crippen molar-refractivity contribution in [3.63, 3.8) is 0 Å². The van der Waals surface area contributed by atoms with Crippen LogP contribution in [0.5, 0.6) is 0 Å². The van der Waals surface area contributed by atoms with Gasteiger partial charge in [0.1, 0.15) is 0 Å². The number of carbonyl (C=O) groups is 2. The number of benzene rings is 2. The number of hydrogen-bond acceptors (Lipinski definition) is 2. The number of carbonyl (C=O) groups excluding carboxylic acids is 2. The van der Waals surface area contributed by atoms with E-state index in [2.05, 4.69) is 30.4 Å². The second-order valence-corrected chi connectivity index (χ2v) is 6.40. The summed E-state index contributed by atoms with van der Waals surface area (Å²) in [7, 11) is 0. The Balaban J connectivity index is 1.74. The van der Waals surface area contributed by atoms with Crippen LogP contribution in [0, 0.1) is 0 Å². The lowest BCUT2D eigenvalue weighted by molar-refractivity contribution is 0.0896. The Morgan fingerprint density at radius 3 is 2.26 bits per heavy atom. The maximum atomic E-state index is 12.5. The molecule has 3 rings (SSSR count). The SMILES string of the molecule is C[C@@]1(NC(=O)c2ccc(C(N)=O)cc2)CCc2ccccc2C1. The predicted molar refractivity (Wildman–Crippen MR) is 89.3 cm³/mol. The number of rotatable bonds is 3. The van der Waals surface area contributed by atoms with E-state index in [1.54, 1.807) is 24.3 Å². The second kappa shape index (κ2) is 5.88. The molecule has 0 aromatic heterocycles. The summed E-state index contributed by atoms with van der Waals surface area (Å²) in [5, 5.41) is 3.15. The van der Waals surface area contributed by atoms with E-state index < -0.39 is 5.91 Å². The Morgan fingerprint density at radius 1 is 1.00 bits per heavy atom. The van der Waals surface area contributed by atoms with Crippen LogP contribution < -0.4 is 11.1 Å². The van der Waals surface area contributed by atoms with Crippen LogP contribution >= 0.6 is 0 Å². The number of fused-ring (bicyclic) bond motifs is 1. The van der Waals surface area contributed by atoms with Gasteiger partial charge in [-0.3, -0.25) is 9.59 Å². The number of primary amides is 1. The maximum Gasteiger partial charge on any atom is 0.251 e. The zero-order valence-corrected chi connectivity index (χ0v) is 13.1. The molecule has 1 aliphatic rings. The van der Waals surface area contributed by atoms with Gasteiger partial charge in [0.25, 0.3) is 5.91 Å². The lowest BCUT2D eigenvalue weighted by Crippen LogP contribution is -2.49. The summed E-state index contributed by atoms with van der Waals surface area (Å²) in [5.41, 5.74) is 8.56. The molecule has 2 aromatic carbocycles. The van der Waals surface area contributed by atoms with Crippen molar-refractivity contribution < 1.29 is 9.59 Å². The van der Waals surface area contributed by atoms with E-state index in [0.717, 1.165) is 19.3 Å². The Morgan fingerprint density at radius 2 is 1.61 bits per heavy atom. The minimum Gasteiger partial charge on any atom is -0.366 e. The summed E-state index contributed by atoms with van der Waals surface area (Å²) < 4.78 is 0. The molecule has 0 radical (unpaired) electrons. The molecule has 3 N–H and O–H groups in total. The van der Waals surface area contributed by atoms with Gasteiger partial charge in [0.15, 0.2) is 0 Å². The fourth-order valence-corrected chi connectivity index (χ4v) is 3.13. The molecule has 0 saturated heterocycles. The van der Waals surface area contributed by atoms with Gasteiger partial charge in [-0.15, -0.1) is 0 Å². The number of nitrogens with two attached hydrogens (primary N) is 1. The molecule has 0 bridgehead atoms. The molecule has 23 heavy (non-hydrogen) atoms. The van der Waals surface area contributed by atoms with Crippen LogP contribution in [0.25, 0.3) is 0 Å². The molecule has 0 spiro atoms. The topological polar surface area (TPSA) is 72.2 Å². The number of nitrogens with one attached hydrogen (secondary N) is 1. The lowest BCUT2D eigenvalue weighted by Gasteiger charge is -2.36. The maximum absolute atomic E-state index is 12.5. The summed E-state index contributed by atoms with van der Waals surface area (Å²) in [6, 6.07) is 14.8. The minimum atomic E-state index is -0.493. The van der Waals surface area contributed by atoms with E-state index in [4.69, 9.17) is 5.73 Å². The van der Waals surface area contributed by atoms with Crippen LogP contribution in [0.3, 0.4) is 0 Å². The standard InChI is InChI=1S/C19H20N2O2/c1-19(11-10-13-4-2-3-5-16(13)12-19)21-18(23)15-8-6-14(7-9-15)17(20)22/h2-9H,10-12H2,1H3,(H2,20,22)(H,21,23)/t19-/m1/s1. The highest BCUT2D eigenvalue weighted by Gasteiger charge is 2.31. The summed E-state index contributed by atoms with van der Waals surface area (Å²) in [6.07, 6.45) is 2.71. The average Bonchev–Trinajstić information content (AvgIpc) is 2.54. The van der Waals surface area contributed by atoms with Gasteiger partial charge < -0.3 is 11.1 Å². The summed E-state index contributed by atoms with van der Waals surface area (Å²) in [6.45, 7) is 2.08. The van der Waals surface area contributed by atoms with Crippen LogP contribution in [0.1, 0.15) is 45.2 Å². The first-order chi connectivity index (χ1) is 11.0. The molecule has 4 nitrogen and oxygen atoms in total. The van der Waals surface area contributed by atoms with Gasteiger partial charge in [-0.2, -0.15) is 0 Å². The highest BCUT2D eigenvalue weighted by atomic mass is 16.2. The van der Waals surface area contributed by atoms with Crippen molar-refractivity contribution >= 4 is 11.8 Å². The molecule has 1 atom stereocenters. The van der Waals surface area contributed by atoms with Crippen LogP contribution in [0.15, 0.2) is 48.5 Å². The first kappa shape index (κ1) is 15.3. The Labute approximate surface area is 135 Å². The lowest BCUT2D eigenvalue weighted by atomic mass is 9.79. The third-order valence-corrected chi connectivity index (χ3v) is 4.49. The van der Waals surface area contributed by atoms with Gasteiger partial charge in [-0.05, 0) is 61.6 Å². The average molecular weight is 308 g/mol. The van der Waals surface area contributed by atoms with Crippen molar-refractivity contribution in [2.24, 2.45) is 5.73 Å². The predicted octanol–water partition coefficient (Wildman–Crippen LogP) is 2.46. The molecule has 0 saturated carbocycles. The molecule has 0 fully saturated rings. The summed E-state index contributed by atoms with van der Waals surface area (Å²) in [5.74, 6) is -0.615. The zero-order chi connectivity index (χ0) is 16.4. The van der Waals surface area contributed by atoms with E-state index >= 15 is 0 Å². The van der Waals surface area contributed by atoms with E-state index in [1.807, 2.05) is 6.07 Å². The Kier molecular flexibility index (Phi) is 3.90. The van der Waals surface area contributed by atoms with Crippen molar-refractivity contribution in [3.05, 3.63) is 70.8 Å². The zero-order valence-electron chi connectivity index (χ0n) is 13.1. The molecule has 118 valence electrons. The van der Waals surface area contributed by atoms with Crippen molar-refractivity contribution in [2.75, 3.05) is 0 Å². The van der Waals surface area contributed by atoms with Crippen molar-refractivity contribution in [2.45, 2.75) is 31.7 Å². The van der Waals surface area contributed by atoms with Gasteiger partial charge in [-0.1, -0.05) is 24.3 Å². The first-order valence-electron chi connectivity index (χ1n) is 7.76. The third kappa shape index (κ3) is 3.26. The fourth-order valence-electron chi connectivity index (χ4n) is 3.13.